The van der Waals surface area contributed by atoms with Crippen molar-refractivity contribution in [3.63, 3.8) is 0 Å². The summed E-state index contributed by atoms with van der Waals surface area (Å²) >= 11 is 0. The zero-order valence-electron chi connectivity index (χ0n) is 12.1. The van der Waals surface area contributed by atoms with Gasteiger partial charge in [-0.15, -0.1) is 0 Å². The first-order chi connectivity index (χ1) is 10.5. The first-order valence-corrected chi connectivity index (χ1v) is 8.35. The van der Waals surface area contributed by atoms with Gasteiger partial charge >= 0.3 is 0 Å². The van der Waals surface area contributed by atoms with Crippen LogP contribution in [0.15, 0.2) is 33.7 Å². The molecule has 1 aliphatic heterocycles. The van der Waals surface area contributed by atoms with E-state index in [-0.39, 0.29) is 4.90 Å². The van der Waals surface area contributed by atoms with Gasteiger partial charge in [-0.2, -0.15) is 0 Å². The Morgan fingerprint density at radius 3 is 2.68 bits per heavy atom. The minimum absolute atomic E-state index is 0.132. The smallest absolute Gasteiger partial charge is 0.272 e. The van der Waals surface area contributed by atoms with E-state index in [2.05, 4.69) is 10.1 Å². The molecule has 0 unspecified atom stereocenters. The predicted octanol–water partition coefficient (Wildman–Crippen LogP) is 1.85. The van der Waals surface area contributed by atoms with Gasteiger partial charge in [-0.1, -0.05) is 17.3 Å². The zero-order valence-corrected chi connectivity index (χ0v) is 13.0. The number of para-hydroxylation sites is 2. The van der Waals surface area contributed by atoms with Crippen LogP contribution in [0.25, 0.3) is 11.0 Å². The lowest BCUT2D eigenvalue weighted by atomic mass is 10.3. The molecule has 0 bridgehead atoms. The maximum absolute atomic E-state index is 12.9. The Kier molecular flexibility index (Phi) is 2.62. The zero-order chi connectivity index (χ0) is 15.5. The van der Waals surface area contributed by atoms with Gasteiger partial charge in [-0.25, -0.2) is 17.7 Å². The lowest BCUT2D eigenvalue weighted by molar-refractivity contribution is 0.390. The quantitative estimate of drug-likeness (QED) is 0.720. The molecule has 1 aliphatic rings. The van der Waals surface area contributed by atoms with Crippen LogP contribution in [0, 0.1) is 13.8 Å². The summed E-state index contributed by atoms with van der Waals surface area (Å²) in [5.41, 5.74) is 2.09. The maximum Gasteiger partial charge on any atom is 0.272 e. The molecule has 7 nitrogen and oxygen atoms in total. The second-order valence-corrected chi connectivity index (χ2v) is 7.08. The van der Waals surface area contributed by atoms with Crippen molar-refractivity contribution in [1.82, 2.24) is 14.7 Å². The number of hydrogen-bond acceptors (Lipinski definition) is 5. The number of sulfonamides is 1. The highest BCUT2D eigenvalue weighted by atomic mass is 32.2. The summed E-state index contributed by atoms with van der Waals surface area (Å²) in [6.45, 7) is 4.17. The molecule has 0 N–H and O–H groups in total. The van der Waals surface area contributed by atoms with Crippen molar-refractivity contribution in [2.75, 3.05) is 10.8 Å². The third kappa shape index (κ3) is 1.64. The van der Waals surface area contributed by atoms with E-state index < -0.39 is 10.0 Å². The fourth-order valence-corrected chi connectivity index (χ4v) is 4.65. The summed E-state index contributed by atoms with van der Waals surface area (Å²) in [6, 6.07) is 7.63. The molecular weight excluding hydrogens is 304 g/mol. The second kappa shape index (κ2) is 4.33. The highest BCUT2D eigenvalue weighted by molar-refractivity contribution is 7.93. The Labute approximate surface area is 127 Å². The summed E-state index contributed by atoms with van der Waals surface area (Å²) in [6.07, 6.45) is 0. The van der Waals surface area contributed by atoms with Crippen molar-refractivity contribution in [2.45, 2.75) is 25.3 Å². The average Bonchev–Trinajstić information content (AvgIpc) is 3.12. The average molecular weight is 318 g/mol. The van der Waals surface area contributed by atoms with E-state index in [0.717, 1.165) is 11.0 Å². The van der Waals surface area contributed by atoms with Crippen LogP contribution in [0.5, 0.6) is 0 Å². The van der Waals surface area contributed by atoms with Gasteiger partial charge in [-0.3, -0.25) is 0 Å². The topological polar surface area (TPSA) is 81.2 Å². The fraction of sp³-hybridized carbons (Fsp3) is 0.286. The SMILES string of the molecule is Cc1noc(C)c1S(=O)(=O)N1CCn2c1nc1ccccc12. The number of aromatic nitrogens is 3. The van der Waals surface area contributed by atoms with E-state index in [4.69, 9.17) is 4.52 Å². The van der Waals surface area contributed by atoms with E-state index in [0.29, 0.717) is 30.5 Å². The molecule has 0 fully saturated rings. The molecule has 1 aromatic carbocycles. The van der Waals surface area contributed by atoms with E-state index in [1.807, 2.05) is 28.8 Å². The standard InChI is InChI=1S/C14H14N4O3S/c1-9-13(10(2)21-16-9)22(19,20)18-8-7-17-12-6-4-3-5-11(12)15-14(17)18/h3-6H,7-8H2,1-2H3. The molecule has 22 heavy (non-hydrogen) atoms. The molecule has 2 aromatic heterocycles. The Morgan fingerprint density at radius 1 is 1.18 bits per heavy atom. The molecule has 0 amide bonds. The largest absolute Gasteiger partial charge is 0.360 e. The van der Waals surface area contributed by atoms with Crippen molar-refractivity contribution in [1.29, 1.82) is 0 Å². The lowest BCUT2D eigenvalue weighted by Gasteiger charge is -2.15. The molecule has 0 saturated carbocycles. The highest BCUT2D eigenvalue weighted by Gasteiger charge is 2.37. The molecule has 0 saturated heterocycles. The van der Waals surface area contributed by atoms with Crippen LogP contribution in [0.4, 0.5) is 5.95 Å². The number of anilines is 1. The van der Waals surface area contributed by atoms with Crippen molar-refractivity contribution < 1.29 is 12.9 Å². The minimum atomic E-state index is -3.72. The predicted molar refractivity (Wildman–Crippen MR) is 80.2 cm³/mol. The van der Waals surface area contributed by atoms with Crippen LogP contribution in [0.1, 0.15) is 11.5 Å². The van der Waals surface area contributed by atoms with E-state index in [1.165, 1.54) is 4.31 Å². The monoisotopic (exact) mass is 318 g/mol. The van der Waals surface area contributed by atoms with Gasteiger partial charge in [-0.05, 0) is 26.0 Å². The molecule has 114 valence electrons. The van der Waals surface area contributed by atoms with Gasteiger partial charge < -0.3 is 9.09 Å². The summed E-state index contributed by atoms with van der Waals surface area (Å²) in [4.78, 5) is 4.60. The number of nitrogens with zero attached hydrogens (tertiary/aromatic N) is 4. The highest BCUT2D eigenvalue weighted by Crippen LogP contribution is 2.33. The number of imidazole rings is 1. The third-order valence-corrected chi connectivity index (χ3v) is 5.93. The molecule has 0 aliphatic carbocycles. The van der Waals surface area contributed by atoms with Gasteiger partial charge in [0.25, 0.3) is 10.0 Å². The summed E-state index contributed by atoms with van der Waals surface area (Å²) in [5.74, 6) is 0.744. The van der Waals surface area contributed by atoms with Gasteiger partial charge in [0, 0.05) is 6.54 Å². The number of benzene rings is 1. The Balaban J connectivity index is 1.90. The molecule has 3 heterocycles. The maximum atomic E-state index is 12.9. The molecule has 8 heteroatoms. The number of fused-ring (bicyclic) bond motifs is 3. The number of rotatable bonds is 2. The lowest BCUT2D eigenvalue weighted by Crippen LogP contribution is -2.30. The molecule has 0 spiro atoms. The van der Waals surface area contributed by atoms with E-state index in [1.54, 1.807) is 13.8 Å². The van der Waals surface area contributed by atoms with Crippen molar-refractivity contribution in [3.05, 3.63) is 35.7 Å². The first kappa shape index (κ1) is 13.3. The minimum Gasteiger partial charge on any atom is -0.360 e. The third-order valence-electron chi connectivity index (χ3n) is 3.90. The van der Waals surface area contributed by atoms with Crippen molar-refractivity contribution in [2.24, 2.45) is 0 Å². The Bertz CT molecular complexity index is 967. The van der Waals surface area contributed by atoms with Crippen LogP contribution in [0.2, 0.25) is 0 Å². The second-order valence-electron chi connectivity index (χ2n) is 5.28. The van der Waals surface area contributed by atoms with Crippen molar-refractivity contribution >= 4 is 27.0 Å². The fourth-order valence-electron chi connectivity index (χ4n) is 2.95. The van der Waals surface area contributed by atoms with Crippen LogP contribution in [-0.4, -0.2) is 29.7 Å². The summed E-state index contributed by atoms with van der Waals surface area (Å²) in [7, 11) is -3.72. The normalized spacial score (nSPS) is 14.7. The molecule has 0 atom stereocenters. The van der Waals surface area contributed by atoms with Crippen LogP contribution in [-0.2, 0) is 16.6 Å². The van der Waals surface area contributed by atoms with Gasteiger partial charge in [0.15, 0.2) is 10.7 Å². The molecular formula is C14H14N4O3S. The Hall–Kier alpha value is -2.35. The summed E-state index contributed by atoms with van der Waals surface area (Å²) in [5, 5.41) is 3.74. The van der Waals surface area contributed by atoms with Crippen LogP contribution < -0.4 is 4.31 Å². The van der Waals surface area contributed by atoms with E-state index >= 15 is 0 Å². The number of hydrogen-bond donors (Lipinski definition) is 0. The van der Waals surface area contributed by atoms with Gasteiger partial charge in [0.1, 0.15) is 5.69 Å². The first-order valence-electron chi connectivity index (χ1n) is 6.91. The Morgan fingerprint density at radius 2 is 1.95 bits per heavy atom. The van der Waals surface area contributed by atoms with Gasteiger partial charge in [0.05, 0.1) is 17.6 Å². The molecule has 0 radical (unpaired) electrons. The molecule has 4 rings (SSSR count). The van der Waals surface area contributed by atoms with Crippen LogP contribution >= 0.6 is 0 Å². The van der Waals surface area contributed by atoms with Gasteiger partial charge in [0.2, 0.25) is 5.95 Å². The molecule has 3 aromatic rings. The van der Waals surface area contributed by atoms with E-state index in [9.17, 15) is 8.42 Å². The van der Waals surface area contributed by atoms with Crippen molar-refractivity contribution in [3.8, 4) is 0 Å². The summed E-state index contributed by atoms with van der Waals surface area (Å²) < 4.78 is 34.2. The van der Waals surface area contributed by atoms with Crippen LogP contribution in [0.3, 0.4) is 0 Å². The number of aryl methyl sites for hydroxylation is 2.